The van der Waals surface area contributed by atoms with Gasteiger partial charge in [0, 0.05) is 32.8 Å². The topological polar surface area (TPSA) is 72.4 Å². The second kappa shape index (κ2) is 6.60. The maximum Gasteiger partial charge on any atom is 0.224 e. The van der Waals surface area contributed by atoms with E-state index in [1.807, 2.05) is 0 Å². The van der Waals surface area contributed by atoms with Crippen molar-refractivity contribution >= 4 is 28.3 Å². The largest absolute Gasteiger partial charge is 0.494 e. The molecule has 0 spiro atoms. The van der Waals surface area contributed by atoms with E-state index in [0.29, 0.717) is 17.9 Å². The Morgan fingerprint density at radius 2 is 2.23 bits per heavy atom. The van der Waals surface area contributed by atoms with E-state index in [2.05, 4.69) is 25.2 Å². The average Bonchev–Trinajstić information content (AvgIpc) is 2.54. The molecule has 0 aliphatic carbocycles. The number of methoxy groups -OCH3 is 2. The summed E-state index contributed by atoms with van der Waals surface area (Å²) in [6, 6.07) is 0.246. The zero-order valence-electron chi connectivity index (χ0n) is 12.5. The van der Waals surface area contributed by atoms with Crippen molar-refractivity contribution in [3.63, 3.8) is 0 Å². The summed E-state index contributed by atoms with van der Waals surface area (Å²) in [5, 5.41) is 4.47. The first-order chi connectivity index (χ1) is 10.7. The Labute approximate surface area is 133 Å². The molecule has 0 aromatic carbocycles. The van der Waals surface area contributed by atoms with Crippen LogP contribution in [0, 0.1) is 0 Å². The maximum atomic E-state index is 6.08. The van der Waals surface area contributed by atoms with Gasteiger partial charge in [-0.05, 0) is 11.6 Å². The fourth-order valence-electron chi connectivity index (χ4n) is 2.72. The molecule has 8 heteroatoms. The molecule has 1 N–H and O–H groups in total. The minimum absolute atomic E-state index is 0.208. The Hall–Kier alpha value is -1.70. The third-order valence-corrected chi connectivity index (χ3v) is 3.84. The van der Waals surface area contributed by atoms with Gasteiger partial charge in [0.2, 0.25) is 5.28 Å². The predicted octanol–water partition coefficient (Wildman–Crippen LogP) is 1.11. The molecule has 0 bridgehead atoms. The second-order valence-electron chi connectivity index (χ2n) is 5.10. The summed E-state index contributed by atoms with van der Waals surface area (Å²) in [5.74, 6) is 1.42. The first-order valence-corrected chi connectivity index (χ1v) is 7.43. The number of piperazine rings is 1. The summed E-state index contributed by atoms with van der Waals surface area (Å²) >= 11 is 6.08. The smallest absolute Gasteiger partial charge is 0.224 e. The molecule has 0 radical (unpaired) electrons. The van der Waals surface area contributed by atoms with Gasteiger partial charge in [0.1, 0.15) is 11.6 Å². The van der Waals surface area contributed by atoms with Crippen LogP contribution in [0.3, 0.4) is 0 Å². The molecule has 22 heavy (non-hydrogen) atoms. The fourth-order valence-corrected chi connectivity index (χ4v) is 2.89. The number of aromatic nitrogens is 3. The number of nitrogens with one attached hydrogen (secondary N) is 1. The molecule has 1 fully saturated rings. The van der Waals surface area contributed by atoms with Gasteiger partial charge in [0.05, 0.1) is 37.0 Å². The number of ether oxygens (including phenoxy) is 2. The lowest BCUT2D eigenvalue weighted by molar-refractivity contribution is 0.163. The van der Waals surface area contributed by atoms with Crippen molar-refractivity contribution in [2.75, 3.05) is 45.4 Å². The number of fused-ring (bicyclic) bond motifs is 1. The van der Waals surface area contributed by atoms with Crippen molar-refractivity contribution < 1.29 is 9.47 Å². The van der Waals surface area contributed by atoms with Gasteiger partial charge in [0.15, 0.2) is 0 Å². The van der Waals surface area contributed by atoms with Crippen LogP contribution in [0.25, 0.3) is 10.9 Å². The molecule has 0 amide bonds. The summed E-state index contributed by atoms with van der Waals surface area (Å²) in [6.07, 6.45) is 3.33. The molecule has 1 aliphatic heterocycles. The van der Waals surface area contributed by atoms with Crippen LogP contribution in [0.4, 0.5) is 5.82 Å². The van der Waals surface area contributed by atoms with Crippen molar-refractivity contribution in [1.82, 2.24) is 20.3 Å². The van der Waals surface area contributed by atoms with Gasteiger partial charge in [-0.25, -0.2) is 4.98 Å². The highest BCUT2D eigenvalue weighted by atomic mass is 35.5. The molecule has 118 valence electrons. The maximum absolute atomic E-state index is 6.08. The molecule has 1 saturated heterocycles. The van der Waals surface area contributed by atoms with Crippen LogP contribution in [0.15, 0.2) is 12.4 Å². The van der Waals surface area contributed by atoms with E-state index in [0.717, 1.165) is 30.8 Å². The number of halogens is 1. The molecular weight excluding hydrogens is 306 g/mol. The van der Waals surface area contributed by atoms with Gasteiger partial charge >= 0.3 is 0 Å². The van der Waals surface area contributed by atoms with E-state index < -0.39 is 0 Å². The van der Waals surface area contributed by atoms with Gasteiger partial charge in [-0.15, -0.1) is 0 Å². The molecule has 7 nitrogen and oxygen atoms in total. The number of hydrogen-bond donors (Lipinski definition) is 1. The highest BCUT2D eigenvalue weighted by molar-refractivity contribution is 6.28. The van der Waals surface area contributed by atoms with Crippen molar-refractivity contribution in [2.45, 2.75) is 6.04 Å². The Morgan fingerprint density at radius 3 is 3.00 bits per heavy atom. The number of nitrogens with zero attached hydrogens (tertiary/aromatic N) is 4. The van der Waals surface area contributed by atoms with Crippen LogP contribution < -0.4 is 15.0 Å². The lowest BCUT2D eigenvalue weighted by atomic mass is 10.2. The van der Waals surface area contributed by atoms with E-state index in [-0.39, 0.29) is 11.3 Å². The van der Waals surface area contributed by atoms with E-state index in [4.69, 9.17) is 21.1 Å². The SMILES string of the molecule is COC[C@H]1CN(c2nc(Cl)nc3cncc(OC)c23)CCN1. The summed E-state index contributed by atoms with van der Waals surface area (Å²) in [5.41, 5.74) is 0.677. The van der Waals surface area contributed by atoms with Gasteiger partial charge < -0.3 is 19.7 Å². The van der Waals surface area contributed by atoms with E-state index in [1.165, 1.54) is 0 Å². The molecule has 3 heterocycles. The third kappa shape index (κ3) is 2.92. The molecule has 1 aliphatic rings. The Kier molecular flexibility index (Phi) is 4.56. The highest BCUT2D eigenvalue weighted by Gasteiger charge is 2.24. The Morgan fingerprint density at radius 1 is 1.36 bits per heavy atom. The standard InChI is InChI=1S/C14H18ClN5O2/c1-21-8-9-7-20(4-3-17-9)13-12-10(18-14(15)19-13)5-16-6-11(12)22-2/h5-6,9,17H,3-4,7-8H2,1-2H3/t9-/m1/s1. The number of pyridine rings is 1. The molecule has 2 aromatic rings. The lowest BCUT2D eigenvalue weighted by Gasteiger charge is -2.34. The van der Waals surface area contributed by atoms with Crippen molar-refractivity contribution in [1.29, 1.82) is 0 Å². The molecule has 0 saturated carbocycles. The summed E-state index contributed by atoms with van der Waals surface area (Å²) in [7, 11) is 3.31. The molecular formula is C14H18ClN5O2. The molecule has 0 unspecified atom stereocenters. The Bertz CT molecular complexity index is 667. The van der Waals surface area contributed by atoms with Crippen molar-refractivity contribution in [3.05, 3.63) is 17.7 Å². The third-order valence-electron chi connectivity index (χ3n) is 3.67. The molecule has 3 rings (SSSR count). The number of hydrogen-bond acceptors (Lipinski definition) is 7. The first kappa shape index (κ1) is 15.2. The summed E-state index contributed by atoms with van der Waals surface area (Å²) < 4.78 is 10.7. The van der Waals surface area contributed by atoms with Crippen LogP contribution in [-0.4, -0.2) is 61.5 Å². The summed E-state index contributed by atoms with van der Waals surface area (Å²) in [6.45, 7) is 3.10. The minimum atomic E-state index is 0.208. The van der Waals surface area contributed by atoms with Crippen LogP contribution >= 0.6 is 11.6 Å². The second-order valence-corrected chi connectivity index (χ2v) is 5.44. The monoisotopic (exact) mass is 323 g/mol. The molecule has 2 aromatic heterocycles. The van der Waals surface area contributed by atoms with Gasteiger partial charge in [-0.3, -0.25) is 4.98 Å². The van der Waals surface area contributed by atoms with Gasteiger partial charge in [-0.1, -0.05) is 0 Å². The van der Waals surface area contributed by atoms with Crippen LogP contribution in [0.1, 0.15) is 0 Å². The van der Waals surface area contributed by atoms with E-state index in [9.17, 15) is 0 Å². The van der Waals surface area contributed by atoms with Crippen LogP contribution in [0.2, 0.25) is 5.28 Å². The summed E-state index contributed by atoms with van der Waals surface area (Å²) in [4.78, 5) is 15.0. The van der Waals surface area contributed by atoms with Crippen LogP contribution in [0.5, 0.6) is 5.75 Å². The normalized spacial score (nSPS) is 18.7. The van der Waals surface area contributed by atoms with E-state index >= 15 is 0 Å². The number of anilines is 1. The molecule has 1 atom stereocenters. The van der Waals surface area contributed by atoms with Crippen LogP contribution in [-0.2, 0) is 4.74 Å². The minimum Gasteiger partial charge on any atom is -0.494 e. The first-order valence-electron chi connectivity index (χ1n) is 7.05. The predicted molar refractivity (Wildman–Crippen MR) is 84.8 cm³/mol. The van der Waals surface area contributed by atoms with Gasteiger partial charge in [-0.2, -0.15) is 4.98 Å². The average molecular weight is 324 g/mol. The van der Waals surface area contributed by atoms with Crippen molar-refractivity contribution in [3.8, 4) is 5.75 Å². The van der Waals surface area contributed by atoms with E-state index in [1.54, 1.807) is 26.6 Å². The zero-order chi connectivity index (χ0) is 15.5. The highest BCUT2D eigenvalue weighted by Crippen LogP contribution is 2.32. The lowest BCUT2D eigenvalue weighted by Crippen LogP contribution is -2.52. The fraction of sp³-hybridized carbons (Fsp3) is 0.500. The zero-order valence-corrected chi connectivity index (χ0v) is 13.3. The van der Waals surface area contributed by atoms with Crippen molar-refractivity contribution in [2.24, 2.45) is 0 Å². The number of rotatable bonds is 4. The quantitative estimate of drug-likeness (QED) is 0.845. The van der Waals surface area contributed by atoms with Gasteiger partial charge in [0.25, 0.3) is 0 Å². The Balaban J connectivity index is 2.05.